The molecule has 7 heteroatoms. The molecule has 158 valence electrons. The highest BCUT2D eigenvalue weighted by Crippen LogP contribution is 2.32. The van der Waals surface area contributed by atoms with Crippen LogP contribution in [0.5, 0.6) is 0 Å². The maximum Gasteiger partial charge on any atom is 0.416 e. The Hall–Kier alpha value is -2.54. The molecule has 0 spiro atoms. The summed E-state index contributed by atoms with van der Waals surface area (Å²) in [4.78, 5) is 17.5. The Balaban J connectivity index is 1.82. The average Bonchev–Trinajstić information content (AvgIpc) is 2.66. The molecule has 1 aromatic heterocycles. The minimum atomic E-state index is -4.46. The van der Waals surface area contributed by atoms with Crippen molar-refractivity contribution < 1.29 is 18.0 Å². The summed E-state index contributed by atoms with van der Waals surface area (Å²) in [6.07, 6.45) is -3.94. The molecule has 1 atom stereocenters. The highest BCUT2D eigenvalue weighted by Gasteiger charge is 2.30. The van der Waals surface area contributed by atoms with E-state index in [9.17, 15) is 18.0 Å². The van der Waals surface area contributed by atoms with Gasteiger partial charge in [-0.05, 0) is 68.7 Å². The Kier molecular flexibility index (Phi) is 6.41. The summed E-state index contributed by atoms with van der Waals surface area (Å²) in [6.45, 7) is 7.93. The number of nitrogens with one attached hydrogen (secondary N) is 1. The van der Waals surface area contributed by atoms with Crippen LogP contribution in [-0.4, -0.2) is 16.1 Å². The predicted octanol–water partition coefficient (Wildman–Crippen LogP) is 6.69. The molecule has 1 N–H and O–H groups in total. The first-order chi connectivity index (χ1) is 14.1. The lowest BCUT2D eigenvalue weighted by molar-refractivity contribution is -0.137. The number of rotatable bonds is 5. The van der Waals surface area contributed by atoms with Gasteiger partial charge in [-0.15, -0.1) is 0 Å². The molecule has 30 heavy (non-hydrogen) atoms. The molecule has 0 aliphatic rings. The summed E-state index contributed by atoms with van der Waals surface area (Å²) in [5, 5.41) is 3.93. The van der Waals surface area contributed by atoms with E-state index in [1.807, 2.05) is 33.8 Å². The Morgan fingerprint density at radius 3 is 2.50 bits per heavy atom. The number of fused-ring (bicyclic) bond motifs is 1. The number of carbonyl (C=O) groups is 1. The zero-order valence-corrected chi connectivity index (χ0v) is 18.0. The van der Waals surface area contributed by atoms with Crippen LogP contribution >= 0.6 is 11.8 Å². The SMILES string of the molecule is CCC(Sc1cc(C)c2cc(C)cc(C)c2n1)C(=O)Nc1cccc(C(F)(F)F)c1. The molecule has 0 aliphatic heterocycles. The second-order valence-corrected chi connectivity index (χ2v) is 8.56. The van der Waals surface area contributed by atoms with Gasteiger partial charge in [0.15, 0.2) is 0 Å². The minimum Gasteiger partial charge on any atom is -0.325 e. The molecule has 0 bridgehead atoms. The standard InChI is InChI=1S/C23H23F3N2OS/c1-5-19(22(29)27-17-8-6-7-16(12-17)23(24,25)26)30-20-11-14(3)18-10-13(2)9-15(4)21(18)28-20/h6-12,19H,5H2,1-4H3,(H,27,29). The van der Waals surface area contributed by atoms with Crippen LogP contribution in [0.25, 0.3) is 10.9 Å². The van der Waals surface area contributed by atoms with Gasteiger partial charge in [0.05, 0.1) is 21.4 Å². The van der Waals surface area contributed by atoms with Gasteiger partial charge in [-0.1, -0.05) is 36.4 Å². The summed E-state index contributed by atoms with van der Waals surface area (Å²) in [5.41, 5.74) is 3.54. The summed E-state index contributed by atoms with van der Waals surface area (Å²) in [7, 11) is 0. The van der Waals surface area contributed by atoms with Gasteiger partial charge >= 0.3 is 6.18 Å². The van der Waals surface area contributed by atoms with Crippen molar-refractivity contribution in [2.45, 2.75) is 50.6 Å². The molecule has 0 saturated carbocycles. The van der Waals surface area contributed by atoms with Crippen LogP contribution in [0.15, 0.2) is 47.5 Å². The number of carbonyl (C=O) groups excluding carboxylic acids is 1. The van der Waals surface area contributed by atoms with Crippen molar-refractivity contribution in [2.75, 3.05) is 5.32 Å². The first-order valence-corrected chi connectivity index (χ1v) is 10.5. The molecule has 3 rings (SSSR count). The van der Waals surface area contributed by atoms with Crippen LogP contribution in [0.2, 0.25) is 0 Å². The van der Waals surface area contributed by atoms with Crippen LogP contribution in [0, 0.1) is 20.8 Å². The number of amides is 1. The minimum absolute atomic E-state index is 0.128. The zero-order chi connectivity index (χ0) is 22.1. The van der Waals surface area contributed by atoms with Crippen LogP contribution in [0.4, 0.5) is 18.9 Å². The molecular weight excluding hydrogens is 409 g/mol. The zero-order valence-electron chi connectivity index (χ0n) is 17.2. The van der Waals surface area contributed by atoms with Gasteiger partial charge in [-0.25, -0.2) is 4.98 Å². The van der Waals surface area contributed by atoms with Crippen molar-refractivity contribution in [1.29, 1.82) is 0 Å². The van der Waals surface area contributed by atoms with Gasteiger partial charge < -0.3 is 5.32 Å². The fourth-order valence-electron chi connectivity index (χ4n) is 3.34. The molecule has 0 radical (unpaired) electrons. The molecule has 1 heterocycles. The number of nitrogens with zero attached hydrogens (tertiary/aromatic N) is 1. The largest absolute Gasteiger partial charge is 0.416 e. The molecule has 3 nitrogen and oxygen atoms in total. The number of hydrogen-bond donors (Lipinski definition) is 1. The number of hydrogen-bond acceptors (Lipinski definition) is 3. The number of benzene rings is 2. The number of pyridine rings is 1. The Labute approximate surface area is 178 Å². The van der Waals surface area contributed by atoms with Crippen molar-refractivity contribution in [1.82, 2.24) is 4.98 Å². The molecule has 1 unspecified atom stereocenters. The topological polar surface area (TPSA) is 42.0 Å². The maximum absolute atomic E-state index is 12.9. The quantitative estimate of drug-likeness (QED) is 0.457. The smallest absolute Gasteiger partial charge is 0.325 e. The van der Waals surface area contributed by atoms with E-state index in [1.165, 1.54) is 23.9 Å². The third kappa shape index (κ3) is 4.95. The van der Waals surface area contributed by atoms with E-state index in [2.05, 4.69) is 17.4 Å². The van der Waals surface area contributed by atoms with Crippen LogP contribution < -0.4 is 5.32 Å². The van der Waals surface area contributed by atoms with E-state index in [4.69, 9.17) is 4.98 Å². The van der Waals surface area contributed by atoms with E-state index >= 15 is 0 Å². The van der Waals surface area contributed by atoms with Crippen molar-refractivity contribution in [3.63, 3.8) is 0 Å². The number of aromatic nitrogens is 1. The summed E-state index contributed by atoms with van der Waals surface area (Å²) in [6, 6.07) is 10.8. The fraction of sp³-hybridized carbons (Fsp3) is 0.304. The summed E-state index contributed by atoms with van der Waals surface area (Å²) < 4.78 is 38.7. The fourth-order valence-corrected chi connectivity index (χ4v) is 4.35. The molecule has 0 aliphatic carbocycles. The monoisotopic (exact) mass is 432 g/mol. The van der Waals surface area contributed by atoms with Gasteiger partial charge in [0.25, 0.3) is 0 Å². The Morgan fingerprint density at radius 2 is 1.83 bits per heavy atom. The molecule has 0 saturated heterocycles. The van der Waals surface area contributed by atoms with Crippen molar-refractivity contribution in [3.05, 3.63) is 64.7 Å². The third-order valence-electron chi connectivity index (χ3n) is 4.82. The lowest BCUT2D eigenvalue weighted by Crippen LogP contribution is -2.25. The van der Waals surface area contributed by atoms with Crippen LogP contribution in [0.1, 0.15) is 35.6 Å². The second kappa shape index (κ2) is 8.68. The second-order valence-electron chi connectivity index (χ2n) is 7.34. The predicted molar refractivity (Wildman–Crippen MR) is 116 cm³/mol. The maximum atomic E-state index is 12.9. The lowest BCUT2D eigenvalue weighted by atomic mass is 10.0. The highest BCUT2D eigenvalue weighted by molar-refractivity contribution is 8.00. The van der Waals surface area contributed by atoms with Crippen molar-refractivity contribution >= 4 is 34.3 Å². The summed E-state index contributed by atoms with van der Waals surface area (Å²) in [5.74, 6) is -0.345. The van der Waals surface area contributed by atoms with Gasteiger partial charge in [-0.2, -0.15) is 13.2 Å². The molecule has 1 amide bonds. The number of halogens is 3. The number of alkyl halides is 3. The summed E-state index contributed by atoms with van der Waals surface area (Å²) >= 11 is 1.32. The molecule has 0 fully saturated rings. The normalized spacial score (nSPS) is 12.8. The van der Waals surface area contributed by atoms with E-state index in [0.717, 1.165) is 44.8 Å². The van der Waals surface area contributed by atoms with Gasteiger partial charge in [0.1, 0.15) is 0 Å². The molecule has 2 aromatic carbocycles. The van der Waals surface area contributed by atoms with E-state index < -0.39 is 17.0 Å². The average molecular weight is 433 g/mol. The van der Waals surface area contributed by atoms with Gasteiger partial charge in [0, 0.05) is 11.1 Å². The van der Waals surface area contributed by atoms with Crippen LogP contribution in [0.3, 0.4) is 0 Å². The van der Waals surface area contributed by atoms with Crippen LogP contribution in [-0.2, 0) is 11.0 Å². The van der Waals surface area contributed by atoms with E-state index in [-0.39, 0.29) is 11.6 Å². The Morgan fingerprint density at radius 1 is 1.10 bits per heavy atom. The van der Waals surface area contributed by atoms with Gasteiger partial charge in [-0.3, -0.25) is 4.79 Å². The molecule has 3 aromatic rings. The van der Waals surface area contributed by atoms with Crippen molar-refractivity contribution in [2.24, 2.45) is 0 Å². The third-order valence-corrected chi connectivity index (χ3v) is 6.10. The van der Waals surface area contributed by atoms with E-state index in [0.29, 0.717) is 6.42 Å². The highest BCUT2D eigenvalue weighted by atomic mass is 32.2. The molecular formula is C23H23F3N2OS. The number of anilines is 1. The lowest BCUT2D eigenvalue weighted by Gasteiger charge is -2.16. The first kappa shape index (κ1) is 22.2. The first-order valence-electron chi connectivity index (χ1n) is 9.62. The van der Waals surface area contributed by atoms with Crippen molar-refractivity contribution in [3.8, 4) is 0 Å². The van der Waals surface area contributed by atoms with E-state index in [1.54, 1.807) is 0 Å². The number of thioether (sulfide) groups is 1. The number of aryl methyl sites for hydroxylation is 3. The Bertz CT molecular complexity index is 1100. The van der Waals surface area contributed by atoms with Gasteiger partial charge in [0.2, 0.25) is 5.91 Å².